The van der Waals surface area contributed by atoms with Gasteiger partial charge in [0.15, 0.2) is 0 Å². The molecule has 0 unspecified atom stereocenters. The van der Waals surface area contributed by atoms with Crippen LogP contribution < -0.4 is 15.4 Å². The van der Waals surface area contributed by atoms with Gasteiger partial charge in [0, 0.05) is 19.3 Å². The highest BCUT2D eigenvalue weighted by Crippen LogP contribution is 2.12. The largest absolute Gasteiger partial charge is 0.497 e. The molecule has 0 saturated heterocycles. The molecule has 0 radical (unpaired) electrons. The molecular formula is C21H21FN4O2. The number of carbonyl (C=O) groups is 1. The zero-order valence-corrected chi connectivity index (χ0v) is 15.5. The number of aromatic nitrogens is 2. The van der Waals surface area contributed by atoms with E-state index in [1.165, 1.54) is 18.3 Å². The van der Waals surface area contributed by atoms with Gasteiger partial charge in [0.2, 0.25) is 5.95 Å². The number of anilines is 1. The van der Waals surface area contributed by atoms with Crippen LogP contribution in [0.2, 0.25) is 0 Å². The molecule has 0 atom stereocenters. The molecule has 1 heterocycles. The van der Waals surface area contributed by atoms with Crippen LogP contribution in [0.15, 0.2) is 60.8 Å². The van der Waals surface area contributed by atoms with Crippen molar-refractivity contribution < 1.29 is 13.9 Å². The lowest BCUT2D eigenvalue weighted by Crippen LogP contribution is -2.27. The van der Waals surface area contributed by atoms with E-state index < -0.39 is 0 Å². The molecule has 1 aromatic heterocycles. The predicted molar refractivity (Wildman–Crippen MR) is 105 cm³/mol. The minimum absolute atomic E-state index is 0.251. The Morgan fingerprint density at radius 2 is 1.89 bits per heavy atom. The fourth-order valence-corrected chi connectivity index (χ4v) is 2.60. The second kappa shape index (κ2) is 9.45. The summed E-state index contributed by atoms with van der Waals surface area (Å²) in [4.78, 5) is 20.6. The number of ether oxygens (including phenoxy) is 1. The molecule has 0 fully saturated rings. The minimum Gasteiger partial charge on any atom is -0.497 e. The molecule has 7 heteroatoms. The smallest absolute Gasteiger partial charge is 0.270 e. The summed E-state index contributed by atoms with van der Waals surface area (Å²) in [6, 6.07) is 15.7. The van der Waals surface area contributed by atoms with Gasteiger partial charge >= 0.3 is 0 Å². The van der Waals surface area contributed by atoms with Crippen LogP contribution in [-0.2, 0) is 13.0 Å². The SMILES string of the molecule is COc1ccc(CNc2nccc(C(=O)NCCc3ccccc3F)n2)cc1. The highest BCUT2D eigenvalue weighted by Gasteiger charge is 2.09. The Labute approximate surface area is 162 Å². The first kappa shape index (κ1) is 19.3. The van der Waals surface area contributed by atoms with E-state index in [-0.39, 0.29) is 17.4 Å². The molecule has 2 aromatic carbocycles. The maximum atomic E-state index is 13.6. The molecule has 144 valence electrons. The normalized spacial score (nSPS) is 10.4. The Balaban J connectivity index is 1.53. The fraction of sp³-hybridized carbons (Fsp3) is 0.190. The van der Waals surface area contributed by atoms with Crippen LogP contribution in [0.4, 0.5) is 10.3 Å². The van der Waals surface area contributed by atoms with Crippen molar-refractivity contribution >= 4 is 11.9 Å². The highest BCUT2D eigenvalue weighted by atomic mass is 19.1. The third-order valence-electron chi connectivity index (χ3n) is 4.14. The highest BCUT2D eigenvalue weighted by molar-refractivity contribution is 5.92. The first-order chi connectivity index (χ1) is 13.7. The molecule has 0 aliphatic heterocycles. The molecule has 3 aromatic rings. The molecule has 0 spiro atoms. The van der Waals surface area contributed by atoms with Gasteiger partial charge in [-0.1, -0.05) is 30.3 Å². The molecule has 0 saturated carbocycles. The third kappa shape index (κ3) is 5.26. The maximum Gasteiger partial charge on any atom is 0.270 e. The van der Waals surface area contributed by atoms with Gasteiger partial charge in [0.25, 0.3) is 5.91 Å². The quantitative estimate of drug-likeness (QED) is 0.628. The van der Waals surface area contributed by atoms with Crippen molar-refractivity contribution in [2.45, 2.75) is 13.0 Å². The van der Waals surface area contributed by atoms with E-state index >= 15 is 0 Å². The molecule has 6 nitrogen and oxygen atoms in total. The van der Waals surface area contributed by atoms with Crippen molar-refractivity contribution in [1.82, 2.24) is 15.3 Å². The van der Waals surface area contributed by atoms with Gasteiger partial charge in [-0.25, -0.2) is 14.4 Å². The van der Waals surface area contributed by atoms with Gasteiger partial charge in [-0.05, 0) is 41.8 Å². The Morgan fingerprint density at radius 1 is 1.11 bits per heavy atom. The average molecular weight is 380 g/mol. The van der Waals surface area contributed by atoms with Crippen LogP contribution in [-0.4, -0.2) is 29.5 Å². The van der Waals surface area contributed by atoms with Crippen LogP contribution in [0.1, 0.15) is 21.6 Å². The van der Waals surface area contributed by atoms with Gasteiger partial charge in [-0.3, -0.25) is 4.79 Å². The van der Waals surface area contributed by atoms with Crippen molar-refractivity contribution in [2.24, 2.45) is 0 Å². The number of hydrogen-bond donors (Lipinski definition) is 2. The molecule has 1 amide bonds. The van der Waals surface area contributed by atoms with E-state index in [9.17, 15) is 9.18 Å². The molecule has 2 N–H and O–H groups in total. The van der Waals surface area contributed by atoms with E-state index in [1.807, 2.05) is 24.3 Å². The zero-order valence-electron chi connectivity index (χ0n) is 15.5. The van der Waals surface area contributed by atoms with Crippen LogP contribution in [0, 0.1) is 5.82 Å². The Bertz CT molecular complexity index is 932. The van der Waals surface area contributed by atoms with Crippen molar-refractivity contribution in [2.75, 3.05) is 19.0 Å². The van der Waals surface area contributed by atoms with E-state index in [0.29, 0.717) is 31.0 Å². The predicted octanol–water partition coefficient (Wildman–Crippen LogP) is 3.21. The zero-order chi connectivity index (χ0) is 19.8. The second-order valence-electron chi connectivity index (χ2n) is 6.06. The summed E-state index contributed by atoms with van der Waals surface area (Å²) in [5, 5.41) is 5.84. The lowest BCUT2D eigenvalue weighted by Gasteiger charge is -2.08. The van der Waals surface area contributed by atoms with Crippen LogP contribution in [0.5, 0.6) is 5.75 Å². The number of methoxy groups -OCH3 is 1. The summed E-state index contributed by atoms with van der Waals surface area (Å²) in [7, 11) is 1.62. The molecule has 0 aliphatic rings. The first-order valence-corrected chi connectivity index (χ1v) is 8.87. The summed E-state index contributed by atoms with van der Waals surface area (Å²) in [5.74, 6) is 0.543. The summed E-state index contributed by atoms with van der Waals surface area (Å²) in [5.41, 5.74) is 1.84. The van der Waals surface area contributed by atoms with E-state index in [0.717, 1.165) is 11.3 Å². The number of nitrogens with one attached hydrogen (secondary N) is 2. The Morgan fingerprint density at radius 3 is 2.64 bits per heavy atom. The summed E-state index contributed by atoms with van der Waals surface area (Å²) < 4.78 is 18.7. The molecule has 28 heavy (non-hydrogen) atoms. The van der Waals surface area contributed by atoms with Crippen LogP contribution in [0.3, 0.4) is 0 Å². The number of benzene rings is 2. The lowest BCUT2D eigenvalue weighted by molar-refractivity contribution is 0.0949. The van der Waals surface area contributed by atoms with Crippen LogP contribution >= 0.6 is 0 Å². The van der Waals surface area contributed by atoms with Gasteiger partial charge in [-0.2, -0.15) is 0 Å². The summed E-state index contributed by atoms with van der Waals surface area (Å²) in [6.45, 7) is 0.834. The third-order valence-corrected chi connectivity index (χ3v) is 4.14. The number of rotatable bonds is 8. The van der Waals surface area contributed by atoms with Crippen molar-refractivity contribution in [3.63, 3.8) is 0 Å². The van der Waals surface area contributed by atoms with Crippen molar-refractivity contribution in [1.29, 1.82) is 0 Å². The van der Waals surface area contributed by atoms with Crippen LogP contribution in [0.25, 0.3) is 0 Å². The summed E-state index contributed by atoms with van der Waals surface area (Å²) >= 11 is 0. The number of hydrogen-bond acceptors (Lipinski definition) is 5. The fourth-order valence-electron chi connectivity index (χ4n) is 2.60. The standard InChI is InChI=1S/C21H21FN4O2/c1-28-17-8-6-15(7-9-17)14-25-21-24-13-11-19(26-21)20(27)23-12-10-16-4-2-3-5-18(16)22/h2-9,11,13H,10,12,14H2,1H3,(H,23,27)(H,24,25,26). The van der Waals surface area contributed by atoms with E-state index in [4.69, 9.17) is 4.74 Å². The number of nitrogens with zero attached hydrogens (tertiary/aromatic N) is 2. The van der Waals surface area contributed by atoms with E-state index in [2.05, 4.69) is 20.6 Å². The average Bonchev–Trinajstić information content (AvgIpc) is 2.74. The van der Waals surface area contributed by atoms with Crippen molar-refractivity contribution in [3.8, 4) is 5.75 Å². The van der Waals surface area contributed by atoms with Gasteiger partial charge < -0.3 is 15.4 Å². The first-order valence-electron chi connectivity index (χ1n) is 8.87. The maximum absolute atomic E-state index is 13.6. The van der Waals surface area contributed by atoms with Gasteiger partial charge in [0.1, 0.15) is 17.3 Å². The molecule has 0 bridgehead atoms. The topological polar surface area (TPSA) is 76.1 Å². The molecular weight excluding hydrogens is 359 g/mol. The number of carbonyl (C=O) groups excluding carboxylic acids is 1. The Hall–Kier alpha value is -3.48. The van der Waals surface area contributed by atoms with E-state index in [1.54, 1.807) is 25.3 Å². The second-order valence-corrected chi connectivity index (χ2v) is 6.06. The van der Waals surface area contributed by atoms with Gasteiger partial charge in [-0.15, -0.1) is 0 Å². The molecule has 3 rings (SSSR count). The monoisotopic (exact) mass is 380 g/mol. The Kier molecular flexibility index (Phi) is 6.51. The van der Waals surface area contributed by atoms with Crippen molar-refractivity contribution in [3.05, 3.63) is 83.4 Å². The minimum atomic E-state index is -0.328. The lowest BCUT2D eigenvalue weighted by atomic mass is 10.1. The number of amides is 1. The summed E-state index contributed by atoms with van der Waals surface area (Å²) in [6.07, 6.45) is 1.93. The number of halogens is 1. The molecule has 0 aliphatic carbocycles. The van der Waals surface area contributed by atoms with Gasteiger partial charge in [0.05, 0.1) is 7.11 Å².